The fourth-order valence-electron chi connectivity index (χ4n) is 7.17. The number of ketones is 1. The van der Waals surface area contributed by atoms with Crippen LogP contribution >= 0.6 is 0 Å². The van der Waals surface area contributed by atoms with Gasteiger partial charge in [-0.05, 0) is 88.5 Å². The first kappa shape index (κ1) is 39.8. The number of benzene rings is 1. The first-order chi connectivity index (χ1) is 24.2. The van der Waals surface area contributed by atoms with Gasteiger partial charge in [-0.25, -0.2) is 13.2 Å². The second-order valence-corrected chi connectivity index (χ2v) is 16.8. The highest BCUT2D eigenvalue weighted by atomic mass is 32.2. The van der Waals surface area contributed by atoms with E-state index in [0.717, 1.165) is 57.8 Å². The smallest absolute Gasteiger partial charge is 0.408 e. The van der Waals surface area contributed by atoms with Crippen LogP contribution in [0.1, 0.15) is 116 Å². The molecule has 1 aliphatic heterocycles. The molecule has 0 aromatic heterocycles. The number of hydrogen-bond donors (Lipinski definition) is 3. The minimum absolute atomic E-state index is 0.113. The number of alkyl carbamates (subject to hydrolysis) is 1. The fraction of sp³-hybridized carbons (Fsp3) is 0.676. The van der Waals surface area contributed by atoms with Crippen molar-refractivity contribution in [1.82, 2.24) is 20.9 Å². The van der Waals surface area contributed by atoms with Crippen LogP contribution in [0.5, 0.6) is 0 Å². The van der Waals surface area contributed by atoms with Gasteiger partial charge in [0.25, 0.3) is 5.91 Å². The lowest BCUT2D eigenvalue weighted by atomic mass is 9.83. The SMILES string of the molecule is CCCC(C)(C)OC(=O)NC(C(=O)N1CCCC1C(=O)NC(CCCC1CC1)C(=O)C(=O)NCS(=O)(=O)c1ccc(C#N)cc1)C1CCCCC1. The number of carbonyl (C=O) groups excluding carboxylic acids is 5. The number of nitrogens with one attached hydrogen (secondary N) is 3. The normalized spacial score (nSPS) is 19.3. The number of nitriles is 1. The van der Waals surface area contributed by atoms with E-state index in [2.05, 4.69) is 16.0 Å². The van der Waals surface area contributed by atoms with Crippen molar-refractivity contribution in [2.45, 2.75) is 139 Å². The molecule has 280 valence electrons. The molecular formula is C37H53N5O8S. The molecule has 2 saturated carbocycles. The molecule has 4 amide bonds. The summed E-state index contributed by atoms with van der Waals surface area (Å²) in [5.74, 6) is -3.46. The van der Waals surface area contributed by atoms with Crippen molar-refractivity contribution in [3.63, 3.8) is 0 Å². The summed E-state index contributed by atoms with van der Waals surface area (Å²) in [7, 11) is -4.02. The lowest BCUT2D eigenvalue weighted by Gasteiger charge is -2.35. The van der Waals surface area contributed by atoms with Crippen molar-refractivity contribution in [1.29, 1.82) is 5.26 Å². The molecule has 3 aliphatic rings. The molecule has 4 rings (SSSR count). The van der Waals surface area contributed by atoms with Gasteiger partial charge in [-0.3, -0.25) is 19.2 Å². The molecule has 0 radical (unpaired) electrons. The molecular weight excluding hydrogens is 675 g/mol. The van der Waals surface area contributed by atoms with E-state index in [4.69, 9.17) is 10.00 Å². The molecule has 1 aromatic carbocycles. The number of nitrogens with zero attached hydrogens (tertiary/aromatic N) is 2. The molecule has 3 fully saturated rings. The summed E-state index contributed by atoms with van der Waals surface area (Å²) in [6, 6.07) is 4.11. The number of amides is 4. The molecule has 3 atom stereocenters. The van der Waals surface area contributed by atoms with E-state index >= 15 is 0 Å². The third-order valence-electron chi connectivity index (χ3n) is 10.1. The van der Waals surface area contributed by atoms with E-state index < -0.39 is 63.1 Å². The minimum atomic E-state index is -4.02. The van der Waals surface area contributed by atoms with E-state index in [1.54, 1.807) is 0 Å². The molecule has 51 heavy (non-hydrogen) atoms. The Hall–Kier alpha value is -3.99. The van der Waals surface area contributed by atoms with Gasteiger partial charge in [0, 0.05) is 6.54 Å². The Balaban J connectivity index is 1.44. The molecule has 13 nitrogen and oxygen atoms in total. The van der Waals surface area contributed by atoms with Crippen LogP contribution < -0.4 is 16.0 Å². The Morgan fingerprint density at radius 1 is 0.980 bits per heavy atom. The molecule has 3 unspecified atom stereocenters. The van der Waals surface area contributed by atoms with Crippen molar-refractivity contribution in [2.75, 3.05) is 12.4 Å². The van der Waals surface area contributed by atoms with Gasteiger partial charge in [0.1, 0.15) is 23.6 Å². The fourth-order valence-corrected chi connectivity index (χ4v) is 8.21. The Bertz CT molecular complexity index is 1560. The van der Waals surface area contributed by atoms with Crippen LogP contribution in [0.25, 0.3) is 0 Å². The highest BCUT2D eigenvalue weighted by Gasteiger charge is 2.42. The van der Waals surface area contributed by atoms with Crippen LogP contribution in [0.15, 0.2) is 29.2 Å². The van der Waals surface area contributed by atoms with Gasteiger partial charge >= 0.3 is 6.09 Å². The summed E-state index contributed by atoms with van der Waals surface area (Å²) in [4.78, 5) is 68.9. The maximum Gasteiger partial charge on any atom is 0.408 e. The van der Waals surface area contributed by atoms with E-state index in [0.29, 0.717) is 38.1 Å². The monoisotopic (exact) mass is 727 g/mol. The molecule has 2 aliphatic carbocycles. The van der Waals surface area contributed by atoms with Crippen LogP contribution in [-0.4, -0.2) is 79.1 Å². The van der Waals surface area contributed by atoms with Crippen LogP contribution in [-0.2, 0) is 33.8 Å². The molecule has 1 aromatic rings. The average Bonchev–Trinajstić information content (AvgIpc) is 3.80. The quantitative estimate of drug-likeness (QED) is 0.197. The van der Waals surface area contributed by atoms with E-state index in [9.17, 15) is 32.4 Å². The highest BCUT2D eigenvalue weighted by Crippen LogP contribution is 2.34. The molecule has 3 N–H and O–H groups in total. The molecule has 1 saturated heterocycles. The Labute approximate surface area is 301 Å². The number of ether oxygens (including phenoxy) is 1. The van der Waals surface area contributed by atoms with Crippen molar-refractivity contribution in [2.24, 2.45) is 11.8 Å². The van der Waals surface area contributed by atoms with Gasteiger partial charge in [-0.15, -0.1) is 0 Å². The van der Waals surface area contributed by atoms with Crippen LogP contribution in [0.4, 0.5) is 4.79 Å². The Morgan fingerprint density at radius 3 is 2.29 bits per heavy atom. The minimum Gasteiger partial charge on any atom is -0.444 e. The largest absolute Gasteiger partial charge is 0.444 e. The van der Waals surface area contributed by atoms with Crippen LogP contribution in [0, 0.1) is 23.2 Å². The second kappa shape index (κ2) is 18.0. The van der Waals surface area contributed by atoms with Crippen LogP contribution in [0.3, 0.4) is 0 Å². The molecule has 14 heteroatoms. The number of likely N-dealkylation sites (tertiary alicyclic amines) is 1. The second-order valence-electron chi connectivity index (χ2n) is 14.8. The summed E-state index contributed by atoms with van der Waals surface area (Å²) in [5, 5.41) is 16.8. The lowest BCUT2D eigenvalue weighted by Crippen LogP contribution is -2.58. The van der Waals surface area contributed by atoms with Gasteiger partial charge in [0.05, 0.1) is 22.6 Å². The lowest BCUT2D eigenvalue weighted by molar-refractivity contribution is -0.143. The van der Waals surface area contributed by atoms with Crippen LogP contribution in [0.2, 0.25) is 0 Å². The highest BCUT2D eigenvalue weighted by molar-refractivity contribution is 7.91. The van der Waals surface area contributed by atoms with Crippen molar-refractivity contribution >= 4 is 39.4 Å². The maximum atomic E-state index is 14.2. The first-order valence-electron chi connectivity index (χ1n) is 18.4. The van der Waals surface area contributed by atoms with Gasteiger partial charge in [-0.1, -0.05) is 58.3 Å². The number of hydrogen-bond acceptors (Lipinski definition) is 9. The van der Waals surface area contributed by atoms with Gasteiger partial charge in [0.15, 0.2) is 9.84 Å². The number of rotatable bonds is 17. The number of sulfone groups is 1. The van der Waals surface area contributed by atoms with E-state index in [1.807, 2.05) is 26.8 Å². The summed E-state index contributed by atoms with van der Waals surface area (Å²) in [6.45, 7) is 5.94. The standard InChI is InChI=1S/C37H53N5O8S/c1-4-21-37(2,3)50-36(47)41-31(27-11-6-5-7-12-27)35(46)42-22-9-14-30(42)33(44)40-29(13-8-10-25-15-16-25)32(43)34(45)39-24-51(48,49)28-19-17-26(23-38)18-20-28/h17-20,25,27,29-31H,4-16,21-22,24H2,1-3H3,(H,39,45)(H,40,44)(H,41,47). The van der Waals surface area contributed by atoms with E-state index in [-0.39, 0.29) is 28.7 Å². The predicted octanol–water partition coefficient (Wildman–Crippen LogP) is 4.28. The predicted molar refractivity (Wildman–Crippen MR) is 189 cm³/mol. The summed E-state index contributed by atoms with van der Waals surface area (Å²) in [6.07, 6.45) is 9.90. The Kier molecular flexibility index (Phi) is 14.0. The maximum absolute atomic E-state index is 14.2. The third-order valence-corrected chi connectivity index (χ3v) is 11.7. The Morgan fingerprint density at radius 2 is 1.67 bits per heavy atom. The van der Waals surface area contributed by atoms with Gasteiger partial charge in [-0.2, -0.15) is 5.26 Å². The van der Waals surface area contributed by atoms with Gasteiger partial charge in [0.2, 0.25) is 17.6 Å². The first-order valence-corrected chi connectivity index (χ1v) is 20.0. The summed E-state index contributed by atoms with van der Waals surface area (Å²) >= 11 is 0. The number of carbonyl (C=O) groups is 5. The van der Waals surface area contributed by atoms with Crippen molar-refractivity contribution in [3.8, 4) is 6.07 Å². The molecule has 0 spiro atoms. The summed E-state index contributed by atoms with van der Waals surface area (Å²) in [5.41, 5.74) is -0.439. The van der Waals surface area contributed by atoms with Gasteiger partial charge < -0.3 is 25.6 Å². The zero-order chi connectivity index (χ0) is 37.2. The molecule has 0 bridgehead atoms. The third kappa shape index (κ3) is 11.5. The zero-order valence-electron chi connectivity index (χ0n) is 30.1. The van der Waals surface area contributed by atoms with Crippen molar-refractivity contribution in [3.05, 3.63) is 29.8 Å². The van der Waals surface area contributed by atoms with Crippen molar-refractivity contribution < 1.29 is 37.1 Å². The van der Waals surface area contributed by atoms with E-state index in [1.165, 1.54) is 29.2 Å². The topological polar surface area (TPSA) is 192 Å². The average molecular weight is 728 g/mol. The zero-order valence-corrected chi connectivity index (χ0v) is 30.9. The summed E-state index contributed by atoms with van der Waals surface area (Å²) < 4.78 is 31.3. The molecule has 1 heterocycles. The number of Topliss-reactive ketones (excluding diaryl/α,β-unsaturated/α-hetero) is 1.